The van der Waals surface area contributed by atoms with Gasteiger partial charge in [0.1, 0.15) is 6.10 Å². The molecule has 0 saturated heterocycles. The summed E-state index contributed by atoms with van der Waals surface area (Å²) in [5.41, 5.74) is 0.221. The molecule has 0 aliphatic heterocycles. The van der Waals surface area contributed by atoms with Crippen molar-refractivity contribution in [2.75, 3.05) is 6.61 Å². The van der Waals surface area contributed by atoms with E-state index in [1.807, 2.05) is 0 Å². The van der Waals surface area contributed by atoms with E-state index in [2.05, 4.69) is 20.7 Å². The summed E-state index contributed by atoms with van der Waals surface area (Å²) in [6.07, 6.45) is -3.70. The first kappa shape index (κ1) is 14.4. The van der Waals surface area contributed by atoms with Crippen molar-refractivity contribution in [1.82, 2.24) is 0 Å². The third-order valence-corrected chi connectivity index (χ3v) is 3.31. The number of hydrogen-bond donors (Lipinski definition) is 1. The van der Waals surface area contributed by atoms with Crippen LogP contribution in [0.2, 0.25) is 5.02 Å². The summed E-state index contributed by atoms with van der Waals surface area (Å²) < 4.78 is 18.6. The fourth-order valence-corrected chi connectivity index (χ4v) is 1.65. The molecule has 0 fully saturated rings. The standard InChI is InChI=1S/C11H11BrClFO3/c1-2-17-11(16)9(14)10(15)6-3-4-7(12)8(13)5-6/h3-5,9-10,15H,2H2,1H3. The average molecular weight is 326 g/mol. The number of alkyl halides is 1. The van der Waals surface area contributed by atoms with E-state index in [-0.39, 0.29) is 12.2 Å². The Morgan fingerprint density at radius 3 is 2.82 bits per heavy atom. The maximum Gasteiger partial charge on any atom is 0.343 e. The number of hydrogen-bond acceptors (Lipinski definition) is 3. The minimum absolute atomic E-state index is 0.0626. The van der Waals surface area contributed by atoms with Gasteiger partial charge in [-0.05, 0) is 40.5 Å². The largest absolute Gasteiger partial charge is 0.464 e. The van der Waals surface area contributed by atoms with Crippen molar-refractivity contribution in [2.45, 2.75) is 19.2 Å². The fraction of sp³-hybridized carbons (Fsp3) is 0.364. The molecule has 1 rings (SSSR count). The first-order valence-electron chi connectivity index (χ1n) is 4.91. The molecular weight excluding hydrogens is 314 g/mol. The molecule has 0 saturated carbocycles. The van der Waals surface area contributed by atoms with Crippen molar-refractivity contribution < 1.29 is 19.0 Å². The number of carbonyl (C=O) groups excluding carboxylic acids is 1. The number of carbonyl (C=O) groups is 1. The van der Waals surface area contributed by atoms with E-state index in [9.17, 15) is 14.3 Å². The molecule has 17 heavy (non-hydrogen) atoms. The van der Waals surface area contributed by atoms with Crippen LogP contribution in [0.25, 0.3) is 0 Å². The summed E-state index contributed by atoms with van der Waals surface area (Å²) in [5, 5.41) is 9.98. The second kappa shape index (κ2) is 6.33. The van der Waals surface area contributed by atoms with E-state index in [1.54, 1.807) is 13.0 Å². The Morgan fingerprint density at radius 1 is 1.65 bits per heavy atom. The lowest BCUT2D eigenvalue weighted by Crippen LogP contribution is -2.26. The molecule has 2 atom stereocenters. The molecule has 0 aliphatic carbocycles. The normalized spacial score (nSPS) is 14.2. The number of rotatable bonds is 4. The lowest BCUT2D eigenvalue weighted by Gasteiger charge is -2.15. The smallest absolute Gasteiger partial charge is 0.343 e. The number of ether oxygens (including phenoxy) is 1. The quantitative estimate of drug-likeness (QED) is 0.866. The molecule has 1 aromatic carbocycles. The van der Waals surface area contributed by atoms with E-state index in [0.29, 0.717) is 9.50 Å². The van der Waals surface area contributed by atoms with Crippen LogP contribution in [0.5, 0.6) is 0 Å². The van der Waals surface area contributed by atoms with Gasteiger partial charge in [0.2, 0.25) is 6.17 Å². The molecule has 6 heteroatoms. The van der Waals surface area contributed by atoms with Crippen LogP contribution in [0.3, 0.4) is 0 Å². The van der Waals surface area contributed by atoms with Crippen LogP contribution in [0.4, 0.5) is 4.39 Å². The van der Waals surface area contributed by atoms with Gasteiger partial charge < -0.3 is 9.84 Å². The number of aliphatic hydroxyl groups is 1. The summed E-state index contributed by atoms with van der Waals surface area (Å²) in [4.78, 5) is 11.1. The molecule has 0 radical (unpaired) electrons. The average Bonchev–Trinajstić information content (AvgIpc) is 2.31. The monoisotopic (exact) mass is 324 g/mol. The predicted molar refractivity (Wildman–Crippen MR) is 65.6 cm³/mol. The van der Waals surface area contributed by atoms with Gasteiger partial charge in [-0.25, -0.2) is 9.18 Å². The molecule has 0 heterocycles. The van der Waals surface area contributed by atoms with E-state index >= 15 is 0 Å². The molecule has 1 N–H and O–H groups in total. The molecule has 94 valence electrons. The molecule has 0 spiro atoms. The summed E-state index contributed by atoms with van der Waals surface area (Å²) in [7, 11) is 0. The third kappa shape index (κ3) is 3.66. The van der Waals surface area contributed by atoms with Gasteiger partial charge in [-0.1, -0.05) is 17.7 Å². The Labute approximate surface area is 112 Å². The molecule has 0 bridgehead atoms. The molecule has 0 aliphatic rings. The van der Waals surface area contributed by atoms with Crippen molar-refractivity contribution in [2.24, 2.45) is 0 Å². The van der Waals surface area contributed by atoms with Crippen molar-refractivity contribution in [3.8, 4) is 0 Å². The Morgan fingerprint density at radius 2 is 2.29 bits per heavy atom. The van der Waals surface area contributed by atoms with Gasteiger partial charge in [-0.3, -0.25) is 0 Å². The topological polar surface area (TPSA) is 46.5 Å². The van der Waals surface area contributed by atoms with Crippen LogP contribution >= 0.6 is 27.5 Å². The van der Waals surface area contributed by atoms with Gasteiger partial charge in [-0.15, -0.1) is 0 Å². The Bertz CT molecular complexity index is 414. The maximum absolute atomic E-state index is 13.5. The first-order chi connectivity index (χ1) is 7.97. The number of benzene rings is 1. The zero-order valence-corrected chi connectivity index (χ0v) is 11.3. The highest BCUT2D eigenvalue weighted by Gasteiger charge is 2.29. The highest BCUT2D eigenvalue weighted by Crippen LogP contribution is 2.28. The maximum atomic E-state index is 13.5. The fourth-order valence-electron chi connectivity index (χ4n) is 1.22. The number of esters is 1. The Hall–Kier alpha value is -0.650. The molecule has 0 amide bonds. The Balaban J connectivity index is 2.84. The summed E-state index contributed by atoms with van der Waals surface area (Å²) in [6.45, 7) is 1.63. The van der Waals surface area contributed by atoms with Crippen molar-refractivity contribution >= 4 is 33.5 Å². The molecule has 0 aromatic heterocycles. The minimum atomic E-state index is -2.12. The zero-order valence-electron chi connectivity index (χ0n) is 8.99. The molecule has 3 nitrogen and oxygen atoms in total. The van der Waals surface area contributed by atoms with Crippen LogP contribution in [0.1, 0.15) is 18.6 Å². The van der Waals surface area contributed by atoms with Gasteiger partial charge in [-0.2, -0.15) is 0 Å². The minimum Gasteiger partial charge on any atom is -0.464 e. The van der Waals surface area contributed by atoms with Crippen LogP contribution in [0.15, 0.2) is 22.7 Å². The summed E-state index contributed by atoms with van der Waals surface area (Å²) in [5.74, 6) is -1.08. The number of halogens is 3. The molecule has 1 aromatic rings. The SMILES string of the molecule is CCOC(=O)C(F)C(O)c1ccc(Br)c(Cl)c1. The second-order valence-corrected chi connectivity index (χ2v) is 4.53. The highest BCUT2D eigenvalue weighted by atomic mass is 79.9. The molecular formula is C11H11BrClFO3. The first-order valence-corrected chi connectivity index (χ1v) is 6.08. The van der Waals surface area contributed by atoms with Crippen LogP contribution in [-0.2, 0) is 9.53 Å². The van der Waals surface area contributed by atoms with Crippen molar-refractivity contribution in [3.63, 3.8) is 0 Å². The predicted octanol–water partition coefficient (Wildman–Crippen LogP) is 3.04. The van der Waals surface area contributed by atoms with Crippen molar-refractivity contribution in [1.29, 1.82) is 0 Å². The van der Waals surface area contributed by atoms with E-state index in [0.717, 1.165) is 0 Å². The van der Waals surface area contributed by atoms with Gasteiger partial charge >= 0.3 is 5.97 Å². The third-order valence-electron chi connectivity index (χ3n) is 2.07. The zero-order chi connectivity index (χ0) is 13.0. The van der Waals surface area contributed by atoms with Gasteiger partial charge in [0.05, 0.1) is 11.6 Å². The Kier molecular flexibility index (Phi) is 5.36. The second-order valence-electron chi connectivity index (χ2n) is 3.27. The number of aliphatic hydroxyl groups excluding tert-OH is 1. The van der Waals surface area contributed by atoms with Gasteiger partial charge in [0, 0.05) is 4.47 Å². The summed E-state index contributed by atoms with van der Waals surface area (Å²) in [6, 6.07) is 4.44. The molecule has 2 unspecified atom stereocenters. The lowest BCUT2D eigenvalue weighted by atomic mass is 10.1. The van der Waals surface area contributed by atoms with E-state index < -0.39 is 18.2 Å². The summed E-state index contributed by atoms with van der Waals surface area (Å²) >= 11 is 8.98. The van der Waals surface area contributed by atoms with Crippen LogP contribution in [-0.4, -0.2) is 23.9 Å². The van der Waals surface area contributed by atoms with Gasteiger partial charge in [0.25, 0.3) is 0 Å². The highest BCUT2D eigenvalue weighted by molar-refractivity contribution is 9.10. The van der Waals surface area contributed by atoms with E-state index in [1.165, 1.54) is 12.1 Å². The van der Waals surface area contributed by atoms with Crippen LogP contribution < -0.4 is 0 Å². The lowest BCUT2D eigenvalue weighted by molar-refractivity contribution is -0.153. The van der Waals surface area contributed by atoms with E-state index in [4.69, 9.17) is 11.6 Å². The van der Waals surface area contributed by atoms with Crippen LogP contribution in [0, 0.1) is 0 Å². The van der Waals surface area contributed by atoms with Crippen molar-refractivity contribution in [3.05, 3.63) is 33.3 Å². The van der Waals surface area contributed by atoms with Gasteiger partial charge in [0.15, 0.2) is 0 Å².